The highest BCUT2D eigenvalue weighted by Crippen LogP contribution is 2.21. The molecule has 150 valence electrons. The first-order chi connectivity index (χ1) is 14.4. The molecule has 0 aliphatic rings. The summed E-state index contributed by atoms with van der Waals surface area (Å²) in [5, 5.41) is 10.7. The van der Waals surface area contributed by atoms with E-state index in [0.29, 0.717) is 11.1 Å². The molecule has 0 saturated carbocycles. The number of hydrogen-bond acceptors (Lipinski definition) is 7. The van der Waals surface area contributed by atoms with Crippen molar-refractivity contribution in [2.75, 3.05) is 5.32 Å². The van der Waals surface area contributed by atoms with Gasteiger partial charge in [0.05, 0.1) is 17.3 Å². The molecule has 0 saturated heterocycles. The zero-order chi connectivity index (χ0) is 21.3. The minimum Gasteiger partial charge on any atom is -0.366 e. The minimum atomic E-state index is -0.827. The van der Waals surface area contributed by atoms with E-state index in [-0.39, 0.29) is 41.1 Å². The topological polar surface area (TPSA) is 154 Å². The van der Waals surface area contributed by atoms with Crippen molar-refractivity contribution >= 4 is 23.1 Å². The third-order valence-electron chi connectivity index (χ3n) is 4.31. The summed E-state index contributed by atoms with van der Waals surface area (Å²) in [4.78, 5) is 31.9. The molecule has 0 fully saturated rings. The highest BCUT2D eigenvalue weighted by molar-refractivity contribution is 5.99. The monoisotopic (exact) mass is 406 g/mol. The number of halogens is 1. The van der Waals surface area contributed by atoms with Crippen LogP contribution in [0, 0.1) is 5.82 Å². The Morgan fingerprint density at radius 2 is 1.93 bits per heavy atom. The number of imidazole rings is 1. The highest BCUT2D eigenvalue weighted by Gasteiger charge is 2.19. The molecule has 11 heteroatoms. The van der Waals surface area contributed by atoms with E-state index in [9.17, 15) is 14.0 Å². The van der Waals surface area contributed by atoms with Gasteiger partial charge in [-0.3, -0.25) is 14.0 Å². The van der Waals surface area contributed by atoms with Crippen LogP contribution < -0.4 is 16.8 Å². The summed E-state index contributed by atoms with van der Waals surface area (Å²) in [5.41, 5.74) is 12.0. The Labute approximate surface area is 168 Å². The summed E-state index contributed by atoms with van der Waals surface area (Å²) in [7, 11) is 0. The van der Waals surface area contributed by atoms with Crippen molar-refractivity contribution in [2.45, 2.75) is 6.54 Å². The molecule has 0 aliphatic heterocycles. The van der Waals surface area contributed by atoms with Gasteiger partial charge in [-0.25, -0.2) is 14.4 Å². The van der Waals surface area contributed by atoms with E-state index in [1.54, 1.807) is 34.9 Å². The van der Waals surface area contributed by atoms with E-state index in [1.165, 1.54) is 18.3 Å². The lowest BCUT2D eigenvalue weighted by molar-refractivity contribution is 0.0989. The lowest BCUT2D eigenvalue weighted by Crippen LogP contribution is -2.19. The van der Waals surface area contributed by atoms with Crippen molar-refractivity contribution < 1.29 is 14.0 Å². The number of nitrogens with two attached hydrogens (primary N) is 2. The van der Waals surface area contributed by atoms with Crippen LogP contribution in [0.25, 0.3) is 17.2 Å². The van der Waals surface area contributed by atoms with E-state index < -0.39 is 11.8 Å². The molecular formula is C19H15FN8O2. The number of nitrogens with zero attached hydrogens (tertiary/aromatic N) is 5. The quantitative estimate of drug-likeness (QED) is 0.434. The van der Waals surface area contributed by atoms with E-state index in [0.717, 1.165) is 0 Å². The smallest absolute Gasteiger partial charge is 0.273 e. The van der Waals surface area contributed by atoms with Gasteiger partial charge in [-0.05, 0) is 29.8 Å². The summed E-state index contributed by atoms with van der Waals surface area (Å²) in [6, 6.07) is 9.16. The van der Waals surface area contributed by atoms with Crippen molar-refractivity contribution in [1.82, 2.24) is 24.6 Å². The maximum Gasteiger partial charge on any atom is 0.273 e. The summed E-state index contributed by atoms with van der Waals surface area (Å²) < 4.78 is 15.0. The van der Waals surface area contributed by atoms with Gasteiger partial charge < -0.3 is 16.8 Å². The zero-order valence-corrected chi connectivity index (χ0v) is 15.4. The Morgan fingerprint density at radius 1 is 1.10 bits per heavy atom. The molecule has 4 aromatic rings. The standard InChI is InChI=1S/C19H15FN8O2/c20-11-4-1-3-10(7-11)8-23-17-14(16(22)30)26-27-18(25-17)19-24-9-13-12(15(21)29)5-2-6-28(13)19/h1-7,9H,8H2,(H2,21,29)(H2,22,30)(H,23,25,27). The number of primary amides is 2. The largest absolute Gasteiger partial charge is 0.366 e. The molecule has 0 bridgehead atoms. The van der Waals surface area contributed by atoms with Crippen molar-refractivity contribution in [3.8, 4) is 11.6 Å². The van der Waals surface area contributed by atoms with Gasteiger partial charge in [-0.15, -0.1) is 10.2 Å². The predicted molar refractivity (Wildman–Crippen MR) is 105 cm³/mol. The third kappa shape index (κ3) is 3.51. The average Bonchev–Trinajstić information content (AvgIpc) is 3.16. The fraction of sp³-hybridized carbons (Fsp3) is 0.0526. The second-order valence-corrected chi connectivity index (χ2v) is 6.30. The number of fused-ring (bicyclic) bond motifs is 1. The minimum absolute atomic E-state index is 0.0690. The van der Waals surface area contributed by atoms with Crippen LogP contribution in [-0.4, -0.2) is 36.4 Å². The molecule has 0 spiro atoms. The molecule has 5 N–H and O–H groups in total. The van der Waals surface area contributed by atoms with Crippen molar-refractivity contribution in [3.05, 3.63) is 71.4 Å². The number of amides is 2. The second kappa shape index (κ2) is 7.54. The number of carbonyl (C=O) groups excluding carboxylic acids is 2. The summed E-state index contributed by atoms with van der Waals surface area (Å²) >= 11 is 0. The fourth-order valence-electron chi connectivity index (χ4n) is 2.94. The van der Waals surface area contributed by atoms with Crippen LogP contribution in [0.4, 0.5) is 10.2 Å². The Hall–Kier alpha value is -4.41. The number of carbonyl (C=O) groups is 2. The molecule has 3 aromatic heterocycles. The number of aromatic nitrogens is 5. The third-order valence-corrected chi connectivity index (χ3v) is 4.31. The van der Waals surface area contributed by atoms with E-state index in [4.69, 9.17) is 11.5 Å². The Bertz CT molecular complexity index is 1290. The Kier molecular flexibility index (Phi) is 4.76. The lowest BCUT2D eigenvalue weighted by Gasteiger charge is -2.09. The van der Waals surface area contributed by atoms with E-state index in [1.807, 2.05) is 0 Å². The van der Waals surface area contributed by atoms with Crippen LogP contribution in [0.1, 0.15) is 26.4 Å². The second-order valence-electron chi connectivity index (χ2n) is 6.30. The summed E-state index contributed by atoms with van der Waals surface area (Å²) in [6.07, 6.45) is 3.12. The van der Waals surface area contributed by atoms with Gasteiger partial charge in [-0.2, -0.15) is 0 Å². The van der Waals surface area contributed by atoms with Gasteiger partial charge >= 0.3 is 0 Å². The molecule has 0 unspecified atom stereocenters. The number of hydrogen-bond donors (Lipinski definition) is 3. The molecule has 0 atom stereocenters. The highest BCUT2D eigenvalue weighted by atomic mass is 19.1. The number of anilines is 1. The number of nitrogens with one attached hydrogen (secondary N) is 1. The Balaban J connectivity index is 1.74. The number of pyridine rings is 1. The van der Waals surface area contributed by atoms with Gasteiger partial charge in [-0.1, -0.05) is 12.1 Å². The molecule has 0 radical (unpaired) electrons. The molecule has 3 heterocycles. The molecule has 0 aliphatic carbocycles. The van der Waals surface area contributed by atoms with E-state index in [2.05, 4.69) is 25.5 Å². The van der Waals surface area contributed by atoms with Crippen LogP contribution in [0.2, 0.25) is 0 Å². The number of benzene rings is 1. The van der Waals surface area contributed by atoms with Gasteiger partial charge in [0.2, 0.25) is 5.82 Å². The summed E-state index contributed by atoms with van der Waals surface area (Å²) in [5.74, 6) is -1.38. The Morgan fingerprint density at radius 3 is 2.67 bits per heavy atom. The molecule has 4 rings (SSSR count). The summed E-state index contributed by atoms with van der Waals surface area (Å²) in [6.45, 7) is 0.171. The molecule has 30 heavy (non-hydrogen) atoms. The fourth-order valence-corrected chi connectivity index (χ4v) is 2.94. The van der Waals surface area contributed by atoms with E-state index >= 15 is 0 Å². The zero-order valence-electron chi connectivity index (χ0n) is 15.4. The maximum atomic E-state index is 13.4. The maximum absolute atomic E-state index is 13.4. The van der Waals surface area contributed by atoms with Crippen molar-refractivity contribution in [2.24, 2.45) is 11.5 Å². The first-order valence-corrected chi connectivity index (χ1v) is 8.73. The first-order valence-electron chi connectivity index (χ1n) is 8.73. The molecule has 10 nitrogen and oxygen atoms in total. The van der Waals surface area contributed by atoms with Gasteiger partial charge in [0.25, 0.3) is 11.8 Å². The molecular weight excluding hydrogens is 391 g/mol. The van der Waals surface area contributed by atoms with Gasteiger partial charge in [0.15, 0.2) is 17.3 Å². The number of rotatable bonds is 6. The lowest BCUT2D eigenvalue weighted by atomic mass is 10.2. The van der Waals surface area contributed by atoms with Crippen LogP contribution in [0.15, 0.2) is 48.8 Å². The molecule has 1 aromatic carbocycles. The SMILES string of the molecule is NC(=O)c1nnc(-c2ncc3c(C(N)=O)cccn23)nc1NCc1cccc(F)c1. The average molecular weight is 406 g/mol. The first kappa shape index (κ1) is 18.9. The van der Waals surface area contributed by atoms with Crippen LogP contribution >= 0.6 is 0 Å². The van der Waals surface area contributed by atoms with Crippen LogP contribution in [0.5, 0.6) is 0 Å². The van der Waals surface area contributed by atoms with Gasteiger partial charge in [0, 0.05) is 12.7 Å². The van der Waals surface area contributed by atoms with Crippen LogP contribution in [0.3, 0.4) is 0 Å². The van der Waals surface area contributed by atoms with Gasteiger partial charge in [0.1, 0.15) is 5.82 Å². The van der Waals surface area contributed by atoms with Crippen molar-refractivity contribution in [3.63, 3.8) is 0 Å². The van der Waals surface area contributed by atoms with Crippen molar-refractivity contribution in [1.29, 1.82) is 0 Å². The molecule has 2 amide bonds. The normalized spacial score (nSPS) is 10.8. The van der Waals surface area contributed by atoms with Crippen LogP contribution in [-0.2, 0) is 6.54 Å². The predicted octanol–water partition coefficient (Wildman–Crippen LogP) is 1.14.